The van der Waals surface area contributed by atoms with E-state index in [0.717, 1.165) is 20.0 Å². The number of ether oxygens (including phenoxy) is 2. The van der Waals surface area contributed by atoms with Gasteiger partial charge in [-0.25, -0.2) is 9.18 Å². The van der Waals surface area contributed by atoms with Gasteiger partial charge >= 0.3 is 12.1 Å². The smallest absolute Gasteiger partial charge is 0.353 e. The highest BCUT2D eigenvalue weighted by Crippen LogP contribution is 2.48. The molecule has 3 rings (SSSR count). The molecule has 0 amide bonds. The molecule has 2 heterocycles. The molecular weight excluding hydrogens is 493 g/mol. The van der Waals surface area contributed by atoms with E-state index in [4.69, 9.17) is 49.2 Å². The molecule has 1 aliphatic rings. The van der Waals surface area contributed by atoms with Crippen molar-refractivity contribution >= 4 is 40.8 Å². The monoisotopic (exact) mass is 505 g/mol. The molecule has 1 saturated heterocycles. The van der Waals surface area contributed by atoms with Crippen LogP contribution in [0.2, 0.25) is 15.2 Å². The lowest BCUT2D eigenvalue weighted by molar-refractivity contribution is -0.210. The summed E-state index contributed by atoms with van der Waals surface area (Å²) in [5.41, 5.74) is -2.28. The molecule has 13 heteroatoms. The van der Waals surface area contributed by atoms with Gasteiger partial charge in [0.05, 0.1) is 22.8 Å². The summed E-state index contributed by atoms with van der Waals surface area (Å²) in [6.07, 6.45) is -5.54. The molecule has 0 aliphatic carbocycles. The Kier molecular flexibility index (Phi) is 6.97. The second kappa shape index (κ2) is 9.03. The van der Waals surface area contributed by atoms with Gasteiger partial charge in [0.1, 0.15) is 23.5 Å². The number of nitrogens with zero attached hydrogens (tertiary/aromatic N) is 1. The van der Waals surface area contributed by atoms with Crippen LogP contribution in [0.3, 0.4) is 0 Å². The Morgan fingerprint density at radius 1 is 1.29 bits per heavy atom. The highest BCUT2D eigenvalue weighted by atomic mass is 35.5. The van der Waals surface area contributed by atoms with E-state index in [-0.39, 0.29) is 36.2 Å². The zero-order valence-corrected chi connectivity index (χ0v) is 18.2. The first-order valence-corrected chi connectivity index (χ1v) is 9.73. The largest absolute Gasteiger partial charge is 0.432 e. The van der Waals surface area contributed by atoms with Crippen molar-refractivity contribution in [1.29, 1.82) is 0 Å². The van der Waals surface area contributed by atoms with E-state index < -0.39 is 51.1 Å². The average Bonchev–Trinajstić information content (AvgIpc) is 3.25. The Morgan fingerprint density at radius 2 is 1.97 bits per heavy atom. The minimum absolute atomic E-state index is 0.00825. The molecule has 2 aromatic rings. The summed E-state index contributed by atoms with van der Waals surface area (Å²) >= 11 is 18.3. The van der Waals surface area contributed by atoms with Gasteiger partial charge in [-0.3, -0.25) is 9.78 Å². The topological polar surface area (TPSA) is 58.9 Å². The number of benzene rings is 1. The molecule has 0 N–H and O–H groups in total. The van der Waals surface area contributed by atoms with Crippen LogP contribution in [0.15, 0.2) is 6.07 Å². The molecule has 0 spiro atoms. The van der Waals surface area contributed by atoms with E-state index in [9.17, 15) is 18.0 Å². The third-order valence-electron chi connectivity index (χ3n) is 4.43. The fraction of sp³-hybridized carbons (Fsp3) is 0.389. The third-order valence-corrected chi connectivity index (χ3v) is 5.66. The molecule has 1 atom stereocenters. The lowest BCUT2D eigenvalue weighted by Gasteiger charge is -2.16. The van der Waals surface area contributed by atoms with Gasteiger partial charge in [0.25, 0.3) is 0 Å². The number of halogens is 7. The van der Waals surface area contributed by atoms with E-state index in [2.05, 4.69) is 4.89 Å². The summed E-state index contributed by atoms with van der Waals surface area (Å²) in [7, 11) is 1.04. The highest BCUT2D eigenvalue weighted by Gasteiger charge is 2.40. The van der Waals surface area contributed by atoms with Crippen LogP contribution in [-0.2, 0) is 38.8 Å². The number of carbonyl (C=O) groups excluding carboxylic acids is 1. The second-order valence-corrected chi connectivity index (χ2v) is 7.67. The number of hydrogen-bond acceptors (Lipinski definition) is 5. The lowest BCUT2D eigenvalue weighted by atomic mass is 9.99. The molecule has 1 aromatic heterocycles. The fourth-order valence-corrected chi connectivity index (χ4v) is 4.07. The van der Waals surface area contributed by atoms with E-state index in [1.807, 2.05) is 0 Å². The van der Waals surface area contributed by atoms with Gasteiger partial charge < -0.3 is 14.0 Å². The number of rotatable bonds is 5. The Bertz CT molecular complexity index is 1020. The molecule has 0 saturated carbocycles. The van der Waals surface area contributed by atoms with E-state index >= 15 is 4.39 Å². The first kappa shape index (κ1) is 23.9. The van der Waals surface area contributed by atoms with Crippen molar-refractivity contribution in [3.05, 3.63) is 38.3 Å². The van der Waals surface area contributed by atoms with Gasteiger partial charge in [-0.1, -0.05) is 34.8 Å². The molecule has 6 nitrogen and oxygen atoms in total. The van der Waals surface area contributed by atoms with Crippen molar-refractivity contribution in [3.8, 4) is 16.9 Å². The van der Waals surface area contributed by atoms with Crippen LogP contribution in [0, 0.1) is 5.82 Å². The lowest BCUT2D eigenvalue weighted by Crippen LogP contribution is -2.15. The van der Waals surface area contributed by atoms with Crippen LogP contribution in [0.4, 0.5) is 17.6 Å². The highest BCUT2D eigenvalue weighted by molar-refractivity contribution is 6.40. The predicted molar refractivity (Wildman–Crippen MR) is 103 cm³/mol. The molecular formula is C18H14Cl3F4NO5. The number of aromatic nitrogens is 1. The average molecular weight is 507 g/mol. The maximum Gasteiger partial charge on any atom is 0.432 e. The maximum absolute atomic E-state index is 15.5. The van der Waals surface area contributed by atoms with Crippen LogP contribution < -0.4 is 4.89 Å². The first-order valence-electron chi connectivity index (χ1n) is 8.60. The van der Waals surface area contributed by atoms with Gasteiger partial charge in [-0.15, -0.1) is 0 Å². The molecule has 1 aromatic carbocycles. The Hall–Kier alpha value is -1.72. The molecule has 1 unspecified atom stereocenters. The van der Waals surface area contributed by atoms with Gasteiger partial charge in [-0.2, -0.15) is 13.2 Å². The molecule has 1 aliphatic heterocycles. The first-order chi connectivity index (χ1) is 14.4. The Labute approximate surface area is 188 Å². The molecule has 1 fully saturated rings. The van der Waals surface area contributed by atoms with Crippen LogP contribution >= 0.6 is 34.8 Å². The van der Waals surface area contributed by atoms with Crippen molar-refractivity contribution in [1.82, 2.24) is 4.57 Å². The number of hydrogen-bond donors (Lipinski definition) is 0. The fourth-order valence-electron chi connectivity index (χ4n) is 3.07. The molecule has 0 bridgehead atoms. The minimum Gasteiger partial charge on any atom is -0.353 e. The quantitative estimate of drug-likeness (QED) is 0.301. The standard InChI is InChI=1S/C18H14Cl3F4NO5/c1-7(27)30-31-11-4-9(12-14(20)16(18(23,24)25)26(2)17(12)21)15(22)10(13(11)19)3-8-5-28-6-29-8/h4,8H,3,5-6H2,1-2H3. The van der Waals surface area contributed by atoms with Crippen molar-refractivity contribution in [3.63, 3.8) is 0 Å². The van der Waals surface area contributed by atoms with Crippen LogP contribution in [0.1, 0.15) is 18.2 Å². The normalized spacial score (nSPS) is 16.6. The maximum atomic E-state index is 15.5. The Balaban J connectivity index is 2.22. The van der Waals surface area contributed by atoms with Crippen LogP contribution in [0.25, 0.3) is 11.1 Å². The summed E-state index contributed by atoms with van der Waals surface area (Å²) < 4.78 is 66.7. The van der Waals surface area contributed by atoms with Crippen LogP contribution in [-0.4, -0.2) is 30.0 Å². The molecule has 0 radical (unpaired) electrons. The third kappa shape index (κ3) is 4.73. The van der Waals surface area contributed by atoms with Gasteiger partial charge in [0.15, 0.2) is 5.75 Å². The summed E-state index contributed by atoms with van der Waals surface area (Å²) in [4.78, 5) is 20.4. The predicted octanol–water partition coefficient (Wildman–Crippen LogP) is 5.58. The summed E-state index contributed by atoms with van der Waals surface area (Å²) in [5, 5.41) is -1.55. The van der Waals surface area contributed by atoms with Crippen LogP contribution in [0.5, 0.6) is 5.75 Å². The van der Waals surface area contributed by atoms with Crippen molar-refractivity contribution in [2.24, 2.45) is 7.05 Å². The van der Waals surface area contributed by atoms with E-state index in [1.54, 1.807) is 0 Å². The van der Waals surface area contributed by atoms with E-state index in [0.29, 0.717) is 4.57 Å². The zero-order valence-electron chi connectivity index (χ0n) is 15.9. The summed E-state index contributed by atoms with van der Waals surface area (Å²) in [5.74, 6) is -2.16. The van der Waals surface area contributed by atoms with Crippen molar-refractivity contribution in [2.75, 3.05) is 13.4 Å². The number of carbonyl (C=O) groups is 1. The van der Waals surface area contributed by atoms with Gasteiger partial charge in [0.2, 0.25) is 0 Å². The minimum atomic E-state index is -4.86. The van der Waals surface area contributed by atoms with Gasteiger partial charge in [0, 0.05) is 37.1 Å². The number of alkyl halides is 3. The van der Waals surface area contributed by atoms with Crippen molar-refractivity contribution < 1.29 is 41.6 Å². The second-order valence-electron chi connectivity index (χ2n) is 6.55. The van der Waals surface area contributed by atoms with Gasteiger partial charge in [-0.05, 0) is 6.07 Å². The molecule has 170 valence electrons. The molecule has 31 heavy (non-hydrogen) atoms. The SMILES string of the molecule is CC(=O)OOc1cc(-c2c(Cl)c(C(F)(F)F)n(C)c2Cl)c(F)c(CC2COCO2)c1Cl. The van der Waals surface area contributed by atoms with Crippen molar-refractivity contribution in [2.45, 2.75) is 25.6 Å². The summed E-state index contributed by atoms with van der Waals surface area (Å²) in [6.45, 7) is 1.18. The van der Waals surface area contributed by atoms with E-state index in [1.165, 1.54) is 0 Å². The zero-order chi connectivity index (χ0) is 23.1. The Morgan fingerprint density at radius 3 is 2.48 bits per heavy atom. The summed E-state index contributed by atoms with van der Waals surface area (Å²) in [6, 6.07) is 0.948.